The van der Waals surface area contributed by atoms with Gasteiger partial charge in [0.2, 0.25) is 0 Å². The summed E-state index contributed by atoms with van der Waals surface area (Å²) in [6, 6.07) is 0. The highest BCUT2D eigenvalue weighted by Crippen LogP contribution is 2.34. The van der Waals surface area contributed by atoms with Crippen molar-refractivity contribution in [1.82, 2.24) is 0 Å². The Morgan fingerprint density at radius 1 is 0.409 bits per heavy atom. The van der Waals surface area contributed by atoms with E-state index in [1.165, 1.54) is 6.92 Å². The molecular formula is C24H42O20. The lowest BCUT2D eigenvalue weighted by molar-refractivity contribution is -0.387. The van der Waals surface area contributed by atoms with Gasteiger partial charge in [0.05, 0.1) is 25.9 Å². The van der Waals surface area contributed by atoms with Crippen molar-refractivity contribution < 1.29 is 99.5 Å². The Kier molecular flexibility index (Phi) is 12.3. The molecule has 0 radical (unpaired) electrons. The van der Waals surface area contributed by atoms with Crippen LogP contribution in [0.2, 0.25) is 0 Å². The molecule has 0 saturated carbocycles. The minimum Gasteiger partial charge on any atom is -0.394 e. The topological polar surface area (TPSA) is 328 Å². The fourth-order valence-corrected chi connectivity index (χ4v) is 5.48. The first-order valence-electron chi connectivity index (χ1n) is 14.0. The predicted octanol–water partition coefficient (Wildman–Crippen LogP) is -8.72. The summed E-state index contributed by atoms with van der Waals surface area (Å²) in [5, 5.41) is 133. The Labute approximate surface area is 249 Å². The monoisotopic (exact) mass is 650 g/mol. The molecule has 4 rings (SSSR count). The summed E-state index contributed by atoms with van der Waals surface area (Å²) in [7, 11) is 0. The van der Waals surface area contributed by atoms with E-state index in [0.717, 1.165) is 0 Å². The lowest BCUT2D eigenvalue weighted by Crippen LogP contribution is -2.67. The first-order chi connectivity index (χ1) is 20.7. The number of aliphatic hydroxyl groups is 13. The molecule has 0 spiro atoms. The molecule has 4 heterocycles. The summed E-state index contributed by atoms with van der Waals surface area (Å²) in [4.78, 5) is 0. The van der Waals surface area contributed by atoms with Crippen LogP contribution in [-0.2, 0) is 33.2 Å². The Hall–Kier alpha value is -0.800. The smallest absolute Gasteiger partial charge is 0.187 e. The fourth-order valence-electron chi connectivity index (χ4n) is 5.48. The zero-order valence-corrected chi connectivity index (χ0v) is 23.3. The van der Waals surface area contributed by atoms with Crippen LogP contribution in [0.25, 0.3) is 0 Å². The van der Waals surface area contributed by atoms with E-state index in [0.29, 0.717) is 0 Å². The highest BCUT2D eigenvalue weighted by atomic mass is 16.8. The van der Waals surface area contributed by atoms with Gasteiger partial charge in [0, 0.05) is 0 Å². The molecule has 0 aromatic rings. The molecule has 20 atom stereocenters. The number of hydrogen-bond donors (Lipinski definition) is 13. The standard InChI is InChI=1S/C24H42O20/c1-5-9(28)11(30)15(34)22(38-5)44-20-10(29)6(2-25)40-24(17(20)36)43-19-8(4-27)41-23(16(35)13(19)32)42-18-7(3-26)39-21(37)14(33)12(18)31/h5-37H,2-4H2,1H3/t5-,6+,7+,8+,9-,10-,11+,12+,13+,14-,15+,16+,17+,18+,19-,20-,21+,22-,23-,24+/m0/s1. The van der Waals surface area contributed by atoms with Gasteiger partial charge in [-0.15, -0.1) is 0 Å². The quantitative estimate of drug-likeness (QED) is 0.110. The molecule has 0 aromatic carbocycles. The van der Waals surface area contributed by atoms with Crippen LogP contribution in [0.3, 0.4) is 0 Å². The Balaban J connectivity index is 1.47. The van der Waals surface area contributed by atoms with Gasteiger partial charge in [0.25, 0.3) is 0 Å². The van der Waals surface area contributed by atoms with Crippen LogP contribution in [0, 0.1) is 0 Å². The van der Waals surface area contributed by atoms with E-state index in [2.05, 4.69) is 0 Å². The van der Waals surface area contributed by atoms with E-state index in [4.69, 9.17) is 33.2 Å². The summed E-state index contributed by atoms with van der Waals surface area (Å²) < 4.78 is 37.9. The predicted molar refractivity (Wildman–Crippen MR) is 132 cm³/mol. The van der Waals surface area contributed by atoms with Crippen LogP contribution >= 0.6 is 0 Å². The average Bonchev–Trinajstić information content (AvgIpc) is 3.01. The molecule has 4 aliphatic rings. The summed E-state index contributed by atoms with van der Waals surface area (Å²) in [6.45, 7) is -1.17. The van der Waals surface area contributed by atoms with Crippen LogP contribution < -0.4 is 0 Å². The van der Waals surface area contributed by atoms with Gasteiger partial charge in [-0.3, -0.25) is 0 Å². The SMILES string of the molecule is C[C@@H]1O[C@@H](O[C@H]2[C@@H](O)[C@@H](CO)O[C@H](O[C@@H]3[C@H](O)[C@@H](O)[C@H](O[C@H]4[C@H](O)[C@H](O)[C@H](O)O[C@@H]4CO)O[C@@H]3CO)[C@@H]2O)[C@H](O)[C@H](O)[C@H]1O. The second kappa shape index (κ2) is 15.0. The first kappa shape index (κ1) is 36.0. The lowest BCUT2D eigenvalue weighted by Gasteiger charge is -2.49. The van der Waals surface area contributed by atoms with E-state index >= 15 is 0 Å². The van der Waals surface area contributed by atoms with E-state index in [9.17, 15) is 66.4 Å². The second-order valence-electron chi connectivity index (χ2n) is 11.1. The maximum absolute atomic E-state index is 11.0. The van der Waals surface area contributed by atoms with E-state index in [1.807, 2.05) is 0 Å². The molecule has 4 aliphatic heterocycles. The molecule has 258 valence electrons. The summed E-state index contributed by atoms with van der Waals surface area (Å²) >= 11 is 0. The molecule has 20 nitrogen and oxygen atoms in total. The Morgan fingerprint density at radius 2 is 0.841 bits per heavy atom. The highest BCUT2D eigenvalue weighted by molar-refractivity contribution is 4.97. The molecule has 20 heteroatoms. The van der Waals surface area contributed by atoms with Gasteiger partial charge < -0.3 is 99.5 Å². The van der Waals surface area contributed by atoms with Gasteiger partial charge in [0.15, 0.2) is 25.2 Å². The third kappa shape index (κ3) is 7.05. The van der Waals surface area contributed by atoms with E-state index < -0.39 is 143 Å². The lowest BCUT2D eigenvalue weighted by atomic mass is 9.95. The van der Waals surface area contributed by atoms with E-state index in [-0.39, 0.29) is 0 Å². The normalized spacial score (nSPS) is 53.9. The molecular weight excluding hydrogens is 608 g/mol. The molecule has 13 N–H and O–H groups in total. The van der Waals surface area contributed by atoms with Gasteiger partial charge in [-0.1, -0.05) is 0 Å². The van der Waals surface area contributed by atoms with Gasteiger partial charge >= 0.3 is 0 Å². The zero-order chi connectivity index (χ0) is 32.6. The largest absolute Gasteiger partial charge is 0.394 e. The minimum absolute atomic E-state index is 0.800. The van der Waals surface area contributed by atoms with Crippen molar-refractivity contribution in [2.75, 3.05) is 19.8 Å². The second-order valence-corrected chi connectivity index (χ2v) is 11.1. The van der Waals surface area contributed by atoms with Crippen LogP contribution in [0.15, 0.2) is 0 Å². The molecule has 0 unspecified atom stereocenters. The number of hydrogen-bond acceptors (Lipinski definition) is 20. The fraction of sp³-hybridized carbons (Fsp3) is 1.00. The molecule has 0 aromatic heterocycles. The number of rotatable bonds is 9. The third-order valence-corrected chi connectivity index (χ3v) is 8.16. The van der Waals surface area contributed by atoms with Gasteiger partial charge in [0.1, 0.15) is 91.6 Å². The van der Waals surface area contributed by atoms with Crippen molar-refractivity contribution in [1.29, 1.82) is 0 Å². The summed E-state index contributed by atoms with van der Waals surface area (Å²) in [5.74, 6) is 0. The molecule has 4 saturated heterocycles. The van der Waals surface area contributed by atoms with Gasteiger partial charge in [-0.05, 0) is 6.92 Å². The van der Waals surface area contributed by atoms with Crippen molar-refractivity contribution >= 4 is 0 Å². The molecule has 0 aliphatic carbocycles. The zero-order valence-electron chi connectivity index (χ0n) is 23.3. The van der Waals surface area contributed by atoms with E-state index in [1.54, 1.807) is 0 Å². The molecule has 0 bridgehead atoms. The van der Waals surface area contributed by atoms with Crippen molar-refractivity contribution in [3.63, 3.8) is 0 Å². The number of ether oxygens (including phenoxy) is 7. The Morgan fingerprint density at radius 3 is 1.41 bits per heavy atom. The number of aliphatic hydroxyl groups excluding tert-OH is 13. The highest BCUT2D eigenvalue weighted by Gasteiger charge is 2.55. The van der Waals surface area contributed by atoms with Crippen LogP contribution in [0.1, 0.15) is 6.92 Å². The van der Waals surface area contributed by atoms with Crippen LogP contribution in [0.4, 0.5) is 0 Å². The Bertz CT molecular complexity index is 898. The third-order valence-electron chi connectivity index (χ3n) is 8.16. The van der Waals surface area contributed by atoms with Crippen LogP contribution in [0.5, 0.6) is 0 Å². The summed E-state index contributed by atoms with van der Waals surface area (Å²) in [5.41, 5.74) is 0. The summed E-state index contributed by atoms with van der Waals surface area (Å²) in [6.07, 6.45) is -34.0. The van der Waals surface area contributed by atoms with Crippen molar-refractivity contribution in [2.24, 2.45) is 0 Å². The van der Waals surface area contributed by atoms with Crippen molar-refractivity contribution in [3.8, 4) is 0 Å². The molecule has 4 fully saturated rings. The maximum Gasteiger partial charge on any atom is 0.187 e. The average molecular weight is 651 g/mol. The molecule has 0 amide bonds. The molecule has 44 heavy (non-hydrogen) atoms. The van der Waals surface area contributed by atoms with Crippen molar-refractivity contribution in [3.05, 3.63) is 0 Å². The van der Waals surface area contributed by atoms with Gasteiger partial charge in [-0.2, -0.15) is 0 Å². The van der Waals surface area contributed by atoms with Gasteiger partial charge in [-0.25, -0.2) is 0 Å². The maximum atomic E-state index is 11.0. The van der Waals surface area contributed by atoms with Crippen LogP contribution in [-0.4, -0.2) is 209 Å². The minimum atomic E-state index is -1.99. The van der Waals surface area contributed by atoms with Crippen molar-refractivity contribution in [2.45, 2.75) is 130 Å². The first-order valence-corrected chi connectivity index (χ1v) is 14.0.